The molecule has 1 aromatic carbocycles. The molecule has 0 atom stereocenters. The average molecular weight is 316 g/mol. The van der Waals surface area contributed by atoms with E-state index in [0.717, 1.165) is 35.5 Å². The minimum absolute atomic E-state index is 0.00317. The molecule has 0 unspecified atom stereocenters. The zero-order chi connectivity index (χ0) is 16.1. The van der Waals surface area contributed by atoms with Crippen molar-refractivity contribution in [3.05, 3.63) is 29.1 Å². The largest absolute Gasteiger partial charge is 0.370 e. The van der Waals surface area contributed by atoms with Crippen LogP contribution >= 0.6 is 11.3 Å². The highest BCUT2D eigenvalue weighted by atomic mass is 32.1. The molecule has 2 rings (SSSR count). The van der Waals surface area contributed by atoms with E-state index in [4.69, 9.17) is 16.9 Å². The molecule has 7 heteroatoms. The second-order valence-electron chi connectivity index (χ2n) is 4.88. The molecule has 0 spiro atoms. The number of anilines is 1. The Bertz CT molecular complexity index is 687. The Balaban J connectivity index is 2.38. The summed E-state index contributed by atoms with van der Waals surface area (Å²) in [4.78, 5) is 10.3. The maximum Gasteiger partial charge on any atom is 0.212 e. The number of aromatic nitrogens is 1. The van der Waals surface area contributed by atoms with Gasteiger partial charge in [-0.3, -0.25) is 5.41 Å². The molecule has 5 N–H and O–H groups in total. The van der Waals surface area contributed by atoms with Crippen molar-refractivity contribution >= 4 is 34.5 Å². The van der Waals surface area contributed by atoms with Crippen LogP contribution in [-0.4, -0.2) is 23.8 Å². The highest BCUT2D eigenvalue weighted by molar-refractivity contribution is 7.13. The van der Waals surface area contributed by atoms with Gasteiger partial charge in [0.15, 0.2) is 5.96 Å². The SMILES string of the molecule is CCCN(C=N)c1cc(-c2csc(N=C(N)N)n2)ccc1C. The monoisotopic (exact) mass is 316 g/mol. The van der Waals surface area contributed by atoms with Crippen LogP contribution in [0.15, 0.2) is 28.6 Å². The van der Waals surface area contributed by atoms with E-state index in [-0.39, 0.29) is 5.96 Å². The lowest BCUT2D eigenvalue weighted by Crippen LogP contribution is -2.22. The van der Waals surface area contributed by atoms with Crippen LogP contribution in [0.2, 0.25) is 0 Å². The fourth-order valence-electron chi connectivity index (χ4n) is 2.13. The zero-order valence-corrected chi connectivity index (χ0v) is 13.5. The molecule has 1 heterocycles. The van der Waals surface area contributed by atoms with Gasteiger partial charge in [-0.25, -0.2) is 4.98 Å². The van der Waals surface area contributed by atoms with Crippen molar-refractivity contribution in [3.8, 4) is 11.3 Å². The van der Waals surface area contributed by atoms with Gasteiger partial charge in [-0.2, -0.15) is 4.99 Å². The maximum absolute atomic E-state index is 7.60. The summed E-state index contributed by atoms with van der Waals surface area (Å²) in [7, 11) is 0. The number of aryl methyl sites for hydroxylation is 1. The predicted molar refractivity (Wildman–Crippen MR) is 94.2 cm³/mol. The average Bonchev–Trinajstić information content (AvgIpc) is 2.93. The van der Waals surface area contributed by atoms with Crippen molar-refractivity contribution in [1.82, 2.24) is 4.98 Å². The van der Waals surface area contributed by atoms with E-state index in [9.17, 15) is 0 Å². The Morgan fingerprint density at radius 3 is 2.86 bits per heavy atom. The third-order valence-electron chi connectivity index (χ3n) is 3.15. The molecule has 2 aromatic rings. The molecule has 116 valence electrons. The van der Waals surface area contributed by atoms with Gasteiger partial charge in [-0.05, 0) is 25.0 Å². The van der Waals surface area contributed by atoms with Gasteiger partial charge in [-0.15, -0.1) is 11.3 Å². The Labute approximate surface area is 134 Å². The number of nitrogens with one attached hydrogen (secondary N) is 1. The Morgan fingerprint density at radius 1 is 1.45 bits per heavy atom. The molecule has 0 radical (unpaired) electrons. The quantitative estimate of drug-likeness (QED) is 0.563. The number of nitrogens with zero attached hydrogens (tertiary/aromatic N) is 3. The van der Waals surface area contributed by atoms with Gasteiger partial charge in [0.05, 0.1) is 12.0 Å². The van der Waals surface area contributed by atoms with Crippen LogP contribution in [0.4, 0.5) is 10.8 Å². The first-order chi connectivity index (χ1) is 10.5. The molecule has 6 nitrogen and oxygen atoms in total. The minimum Gasteiger partial charge on any atom is -0.370 e. The molecule has 0 aliphatic rings. The molecular formula is C15H20N6S. The van der Waals surface area contributed by atoms with Gasteiger partial charge in [0.2, 0.25) is 5.13 Å². The summed E-state index contributed by atoms with van der Waals surface area (Å²) in [6.07, 6.45) is 2.34. The van der Waals surface area contributed by atoms with Gasteiger partial charge in [0, 0.05) is 23.2 Å². The van der Waals surface area contributed by atoms with E-state index >= 15 is 0 Å². The summed E-state index contributed by atoms with van der Waals surface area (Å²) in [6, 6.07) is 6.10. The van der Waals surface area contributed by atoms with Crippen LogP contribution < -0.4 is 16.4 Å². The highest BCUT2D eigenvalue weighted by Crippen LogP contribution is 2.30. The molecule has 0 aliphatic heterocycles. The molecule has 0 saturated carbocycles. The lowest BCUT2D eigenvalue weighted by atomic mass is 10.1. The zero-order valence-electron chi connectivity index (χ0n) is 12.7. The Kier molecular flexibility index (Phi) is 5.11. The maximum atomic E-state index is 7.60. The molecule has 0 fully saturated rings. The number of benzene rings is 1. The molecule has 0 aliphatic carbocycles. The van der Waals surface area contributed by atoms with Gasteiger partial charge in [0.1, 0.15) is 0 Å². The molecule has 0 saturated heterocycles. The van der Waals surface area contributed by atoms with Crippen LogP contribution in [0.1, 0.15) is 18.9 Å². The third-order valence-corrected chi connectivity index (χ3v) is 3.89. The summed E-state index contributed by atoms with van der Waals surface area (Å²) in [5, 5.41) is 10.1. The Morgan fingerprint density at radius 2 is 2.23 bits per heavy atom. The molecular weight excluding hydrogens is 296 g/mol. The van der Waals surface area contributed by atoms with Crippen LogP contribution in [-0.2, 0) is 0 Å². The van der Waals surface area contributed by atoms with Crippen LogP contribution in [0.5, 0.6) is 0 Å². The molecule has 0 bridgehead atoms. The molecule has 1 aromatic heterocycles. The van der Waals surface area contributed by atoms with Crippen LogP contribution in [0.3, 0.4) is 0 Å². The topological polar surface area (TPSA) is 104 Å². The van der Waals surface area contributed by atoms with Gasteiger partial charge < -0.3 is 16.4 Å². The predicted octanol–water partition coefficient (Wildman–Crippen LogP) is 2.85. The smallest absolute Gasteiger partial charge is 0.212 e. The number of hydrogen-bond acceptors (Lipinski definition) is 4. The summed E-state index contributed by atoms with van der Waals surface area (Å²) in [5.41, 5.74) is 14.7. The normalized spacial score (nSPS) is 10.3. The van der Waals surface area contributed by atoms with Crippen molar-refractivity contribution < 1.29 is 0 Å². The van der Waals surface area contributed by atoms with Gasteiger partial charge in [-0.1, -0.05) is 19.1 Å². The summed E-state index contributed by atoms with van der Waals surface area (Å²) >= 11 is 1.39. The number of rotatable bonds is 6. The lowest BCUT2D eigenvalue weighted by molar-refractivity contribution is 0.905. The lowest BCUT2D eigenvalue weighted by Gasteiger charge is -2.21. The summed E-state index contributed by atoms with van der Waals surface area (Å²) < 4.78 is 0. The first-order valence-corrected chi connectivity index (χ1v) is 7.86. The van der Waals surface area contributed by atoms with Crippen LogP contribution in [0.25, 0.3) is 11.3 Å². The third kappa shape index (κ3) is 3.62. The van der Waals surface area contributed by atoms with Crippen molar-refractivity contribution in [2.75, 3.05) is 11.4 Å². The van der Waals surface area contributed by atoms with Crippen molar-refractivity contribution in [3.63, 3.8) is 0 Å². The highest BCUT2D eigenvalue weighted by Gasteiger charge is 2.10. The first kappa shape index (κ1) is 16.0. The second kappa shape index (κ2) is 7.04. The van der Waals surface area contributed by atoms with Gasteiger partial charge >= 0.3 is 0 Å². The fourth-order valence-corrected chi connectivity index (χ4v) is 2.85. The first-order valence-electron chi connectivity index (χ1n) is 6.98. The van der Waals surface area contributed by atoms with E-state index in [1.807, 2.05) is 35.4 Å². The number of hydrogen-bond donors (Lipinski definition) is 3. The van der Waals surface area contributed by atoms with E-state index in [2.05, 4.69) is 16.9 Å². The molecule has 0 amide bonds. The fraction of sp³-hybridized carbons (Fsp3) is 0.267. The number of nitrogens with two attached hydrogens (primary N) is 2. The second-order valence-corrected chi connectivity index (χ2v) is 5.71. The van der Waals surface area contributed by atoms with E-state index in [1.54, 1.807) is 0 Å². The van der Waals surface area contributed by atoms with Crippen molar-refractivity contribution in [2.45, 2.75) is 20.3 Å². The number of aliphatic imine (C=N–C) groups is 1. The van der Waals surface area contributed by atoms with E-state index in [1.165, 1.54) is 17.7 Å². The van der Waals surface area contributed by atoms with Gasteiger partial charge in [0.25, 0.3) is 0 Å². The van der Waals surface area contributed by atoms with E-state index in [0.29, 0.717) is 5.13 Å². The van der Waals surface area contributed by atoms with Crippen LogP contribution in [0, 0.1) is 12.3 Å². The molecule has 22 heavy (non-hydrogen) atoms. The van der Waals surface area contributed by atoms with E-state index < -0.39 is 0 Å². The number of thiazole rings is 1. The minimum atomic E-state index is 0.00317. The summed E-state index contributed by atoms with van der Waals surface area (Å²) in [6.45, 7) is 4.94. The van der Waals surface area contributed by atoms with Crippen molar-refractivity contribution in [1.29, 1.82) is 5.41 Å². The standard InChI is InChI=1S/C15H20N6S/c1-3-6-21(9-16)13-7-11(5-4-10(13)2)12-8-22-15(19-12)20-14(17)18/h4-5,7-9,16H,3,6H2,1-2H3,(H4,17,18,19,20). The van der Waals surface area contributed by atoms with Crippen molar-refractivity contribution in [2.24, 2.45) is 16.5 Å². The Hall–Kier alpha value is -2.41. The number of guanidine groups is 1. The summed E-state index contributed by atoms with van der Waals surface area (Å²) in [5.74, 6) is 0.00317.